The molecule has 0 heterocycles. The van der Waals surface area contributed by atoms with Crippen molar-refractivity contribution in [1.29, 1.82) is 0 Å². The van der Waals surface area contributed by atoms with Crippen LogP contribution in [-0.4, -0.2) is 18.6 Å². The molecule has 1 unspecified atom stereocenters. The number of carbonyl (C=O) groups excluding carboxylic acids is 1. The van der Waals surface area contributed by atoms with Gasteiger partial charge in [0, 0.05) is 10.5 Å². The number of rotatable bonds is 5. The average Bonchev–Trinajstić information content (AvgIpc) is 2.74. The van der Waals surface area contributed by atoms with Gasteiger partial charge in [-0.05, 0) is 31.4 Å². The van der Waals surface area contributed by atoms with Crippen LogP contribution < -0.4 is 5.32 Å². The molecule has 2 rings (SSSR count). The van der Waals surface area contributed by atoms with Gasteiger partial charge in [-0.1, -0.05) is 59.8 Å². The Morgan fingerprint density at radius 2 is 1.95 bits per heavy atom. The molecule has 21 heavy (non-hydrogen) atoms. The van der Waals surface area contributed by atoms with Gasteiger partial charge in [-0.15, -0.1) is 0 Å². The first-order chi connectivity index (χ1) is 10.2. The van der Waals surface area contributed by atoms with E-state index < -0.39 is 0 Å². The van der Waals surface area contributed by atoms with Gasteiger partial charge >= 0.3 is 5.97 Å². The van der Waals surface area contributed by atoms with Crippen LogP contribution in [0.3, 0.4) is 0 Å². The van der Waals surface area contributed by atoms with Crippen LogP contribution in [0, 0.1) is 0 Å². The molecule has 0 saturated heterocycles. The van der Waals surface area contributed by atoms with Gasteiger partial charge in [0.05, 0.1) is 6.61 Å². The minimum atomic E-state index is -0.386. The molecule has 1 saturated carbocycles. The fourth-order valence-electron chi connectivity index (χ4n) is 2.90. The average molecular weight is 354 g/mol. The molecule has 0 aromatic heterocycles. The molecule has 0 amide bonds. The largest absolute Gasteiger partial charge is 0.465 e. The summed E-state index contributed by atoms with van der Waals surface area (Å²) < 4.78 is 6.21. The zero-order valence-electron chi connectivity index (χ0n) is 12.6. The predicted octanol–water partition coefficient (Wildman–Crippen LogP) is 4.37. The number of hydrogen-bond donors (Lipinski definition) is 1. The normalized spacial score (nSPS) is 18.0. The SMILES string of the molecule is CCOC(=O)C(NC1CCCCCC1)c1ccccc1Br. The number of hydrogen-bond acceptors (Lipinski definition) is 3. The van der Waals surface area contributed by atoms with Gasteiger partial charge in [-0.3, -0.25) is 5.32 Å². The monoisotopic (exact) mass is 353 g/mol. The lowest BCUT2D eigenvalue weighted by atomic mass is 10.0. The fourth-order valence-corrected chi connectivity index (χ4v) is 3.42. The van der Waals surface area contributed by atoms with Crippen LogP contribution in [-0.2, 0) is 9.53 Å². The van der Waals surface area contributed by atoms with Crippen molar-refractivity contribution in [3.63, 3.8) is 0 Å². The predicted molar refractivity (Wildman–Crippen MR) is 88.1 cm³/mol. The van der Waals surface area contributed by atoms with Crippen LogP contribution in [0.15, 0.2) is 28.7 Å². The molecule has 1 aliphatic rings. The Bertz CT molecular complexity index is 456. The Labute approximate surface area is 135 Å². The third-order valence-electron chi connectivity index (χ3n) is 4.00. The van der Waals surface area contributed by atoms with Gasteiger partial charge in [0.1, 0.15) is 6.04 Å². The quantitative estimate of drug-likeness (QED) is 0.631. The van der Waals surface area contributed by atoms with Gasteiger partial charge in [0.15, 0.2) is 0 Å². The number of nitrogens with one attached hydrogen (secondary N) is 1. The third kappa shape index (κ3) is 4.82. The molecule has 0 spiro atoms. The van der Waals surface area contributed by atoms with Crippen molar-refractivity contribution in [3.8, 4) is 0 Å². The summed E-state index contributed by atoms with van der Waals surface area (Å²) in [5, 5.41) is 3.53. The van der Waals surface area contributed by atoms with E-state index in [0.29, 0.717) is 12.6 Å². The molecular weight excluding hydrogens is 330 g/mol. The van der Waals surface area contributed by atoms with Gasteiger partial charge < -0.3 is 4.74 Å². The summed E-state index contributed by atoms with van der Waals surface area (Å²) in [6, 6.07) is 7.88. The van der Waals surface area contributed by atoms with E-state index in [-0.39, 0.29) is 12.0 Å². The molecule has 1 N–H and O–H groups in total. The first-order valence-corrected chi connectivity index (χ1v) is 8.68. The van der Waals surface area contributed by atoms with Crippen molar-refractivity contribution in [2.45, 2.75) is 57.5 Å². The second-order valence-corrected chi connectivity index (χ2v) is 6.42. The Kier molecular flexibility index (Phi) is 6.71. The first-order valence-electron chi connectivity index (χ1n) is 7.89. The standard InChI is InChI=1S/C17H24BrNO2/c1-2-21-17(20)16(14-11-7-8-12-15(14)18)19-13-9-5-3-4-6-10-13/h7-8,11-13,16,19H,2-6,9-10H2,1H3. The molecule has 4 heteroatoms. The van der Waals surface area contributed by atoms with Crippen molar-refractivity contribution in [1.82, 2.24) is 5.32 Å². The molecule has 1 aliphatic carbocycles. The molecule has 1 fully saturated rings. The first kappa shape index (κ1) is 16.5. The Morgan fingerprint density at radius 1 is 1.29 bits per heavy atom. The summed E-state index contributed by atoms with van der Waals surface area (Å²) in [6.07, 6.45) is 7.36. The summed E-state index contributed by atoms with van der Waals surface area (Å²) >= 11 is 3.55. The Morgan fingerprint density at radius 3 is 2.57 bits per heavy atom. The lowest BCUT2D eigenvalue weighted by molar-refractivity contribution is -0.146. The zero-order chi connectivity index (χ0) is 15.1. The summed E-state index contributed by atoms with van der Waals surface area (Å²) in [5.74, 6) is -0.186. The van der Waals surface area contributed by atoms with Crippen LogP contribution in [0.4, 0.5) is 0 Å². The van der Waals surface area contributed by atoms with Gasteiger partial charge in [-0.25, -0.2) is 4.79 Å². The third-order valence-corrected chi connectivity index (χ3v) is 4.72. The lowest BCUT2D eigenvalue weighted by Gasteiger charge is -2.24. The summed E-state index contributed by atoms with van der Waals surface area (Å²) in [4.78, 5) is 12.3. The second-order valence-electron chi connectivity index (χ2n) is 5.56. The molecule has 116 valence electrons. The summed E-state index contributed by atoms with van der Waals surface area (Å²) in [5.41, 5.74) is 0.959. The maximum absolute atomic E-state index is 12.3. The number of benzene rings is 1. The van der Waals surface area contributed by atoms with Crippen LogP contribution in [0.2, 0.25) is 0 Å². The highest BCUT2D eigenvalue weighted by Gasteiger charge is 2.27. The number of esters is 1. The molecule has 0 radical (unpaired) electrons. The number of ether oxygens (including phenoxy) is 1. The van der Waals surface area contributed by atoms with Crippen LogP contribution in [0.5, 0.6) is 0 Å². The minimum Gasteiger partial charge on any atom is -0.465 e. The van der Waals surface area contributed by atoms with Crippen molar-refractivity contribution in [3.05, 3.63) is 34.3 Å². The fraction of sp³-hybridized carbons (Fsp3) is 0.588. The van der Waals surface area contributed by atoms with Crippen molar-refractivity contribution < 1.29 is 9.53 Å². The van der Waals surface area contributed by atoms with E-state index in [4.69, 9.17) is 4.74 Å². The zero-order valence-corrected chi connectivity index (χ0v) is 14.2. The van der Waals surface area contributed by atoms with Crippen molar-refractivity contribution >= 4 is 21.9 Å². The smallest absolute Gasteiger partial charge is 0.327 e. The number of carbonyl (C=O) groups is 1. The van der Waals surface area contributed by atoms with E-state index in [1.165, 1.54) is 25.7 Å². The van der Waals surface area contributed by atoms with Gasteiger partial charge in [0.2, 0.25) is 0 Å². The maximum atomic E-state index is 12.3. The highest BCUT2D eigenvalue weighted by molar-refractivity contribution is 9.10. The van der Waals surface area contributed by atoms with Crippen molar-refractivity contribution in [2.24, 2.45) is 0 Å². The van der Waals surface area contributed by atoms with E-state index in [1.54, 1.807) is 0 Å². The van der Waals surface area contributed by atoms with E-state index in [2.05, 4.69) is 21.2 Å². The van der Waals surface area contributed by atoms with Crippen LogP contribution in [0.25, 0.3) is 0 Å². The summed E-state index contributed by atoms with van der Waals surface area (Å²) in [7, 11) is 0. The highest BCUT2D eigenvalue weighted by atomic mass is 79.9. The molecule has 0 aliphatic heterocycles. The molecule has 0 bridgehead atoms. The lowest BCUT2D eigenvalue weighted by Crippen LogP contribution is -2.38. The minimum absolute atomic E-state index is 0.186. The van der Waals surface area contributed by atoms with Crippen LogP contribution in [0.1, 0.15) is 57.1 Å². The van der Waals surface area contributed by atoms with E-state index in [1.807, 2.05) is 31.2 Å². The van der Waals surface area contributed by atoms with E-state index in [0.717, 1.165) is 22.9 Å². The molecule has 1 aromatic carbocycles. The number of halogens is 1. The Hall–Kier alpha value is -0.870. The summed E-state index contributed by atoms with van der Waals surface area (Å²) in [6.45, 7) is 2.26. The Balaban J connectivity index is 2.15. The molecule has 1 aromatic rings. The van der Waals surface area contributed by atoms with E-state index >= 15 is 0 Å². The second kappa shape index (κ2) is 8.54. The maximum Gasteiger partial charge on any atom is 0.327 e. The highest BCUT2D eigenvalue weighted by Crippen LogP contribution is 2.27. The van der Waals surface area contributed by atoms with E-state index in [9.17, 15) is 4.79 Å². The van der Waals surface area contributed by atoms with Crippen LogP contribution >= 0.6 is 15.9 Å². The molecule has 3 nitrogen and oxygen atoms in total. The topological polar surface area (TPSA) is 38.3 Å². The van der Waals surface area contributed by atoms with Gasteiger partial charge in [0.25, 0.3) is 0 Å². The molecular formula is C17H24BrNO2. The van der Waals surface area contributed by atoms with Gasteiger partial charge in [-0.2, -0.15) is 0 Å². The van der Waals surface area contributed by atoms with Crippen molar-refractivity contribution in [2.75, 3.05) is 6.61 Å². The molecule has 1 atom stereocenters.